The van der Waals surface area contributed by atoms with Crippen LogP contribution in [0.15, 0.2) is 36.5 Å². The molecule has 3 rings (SSSR count). The minimum absolute atomic E-state index is 0.119. The number of halogens is 1. The molecule has 1 aromatic carbocycles. The minimum atomic E-state index is -0.119. The molecule has 1 fully saturated rings. The van der Waals surface area contributed by atoms with Gasteiger partial charge in [-0.05, 0) is 42.5 Å². The highest BCUT2D eigenvalue weighted by molar-refractivity contribution is 6.29. The molecule has 0 spiro atoms. The number of para-hydroxylation sites is 1. The summed E-state index contributed by atoms with van der Waals surface area (Å²) in [7, 11) is 1.62. The number of rotatable bonds is 4. The van der Waals surface area contributed by atoms with Gasteiger partial charge in [0.25, 0.3) is 5.91 Å². The normalized spacial score (nSPS) is 13.8. The molecule has 1 saturated carbocycles. The summed E-state index contributed by atoms with van der Waals surface area (Å²) in [6, 6.07) is 9.23. The van der Waals surface area contributed by atoms with E-state index < -0.39 is 0 Å². The zero-order chi connectivity index (χ0) is 14.8. The first-order valence-electron chi connectivity index (χ1n) is 6.92. The topological polar surface area (TPSA) is 54.0 Å². The second-order valence-corrected chi connectivity index (χ2v) is 5.51. The molecule has 2 aromatic rings. The summed E-state index contributed by atoms with van der Waals surface area (Å²) in [4.78, 5) is 16.1. The van der Waals surface area contributed by atoms with Gasteiger partial charge in [-0.3, -0.25) is 4.79 Å². The van der Waals surface area contributed by atoms with Gasteiger partial charge in [0, 0.05) is 18.9 Å². The molecule has 0 radical (unpaired) electrons. The largest absolute Gasteiger partial charge is 0.355 e. The van der Waals surface area contributed by atoms with Crippen molar-refractivity contribution in [2.45, 2.75) is 18.8 Å². The predicted molar refractivity (Wildman–Crippen MR) is 84.3 cm³/mol. The van der Waals surface area contributed by atoms with Gasteiger partial charge in [0.05, 0.1) is 11.3 Å². The van der Waals surface area contributed by atoms with Crippen molar-refractivity contribution in [2.24, 2.45) is 0 Å². The van der Waals surface area contributed by atoms with Crippen LogP contribution >= 0.6 is 11.6 Å². The Morgan fingerprint density at radius 2 is 2.05 bits per heavy atom. The quantitative estimate of drug-likeness (QED) is 0.846. The number of anilines is 2. The van der Waals surface area contributed by atoms with E-state index in [4.69, 9.17) is 11.6 Å². The first-order valence-corrected chi connectivity index (χ1v) is 7.30. The van der Waals surface area contributed by atoms with E-state index in [1.165, 1.54) is 12.8 Å². The summed E-state index contributed by atoms with van der Waals surface area (Å²) in [6.45, 7) is 0. The summed E-state index contributed by atoms with van der Waals surface area (Å²) in [5, 5.41) is 6.43. The van der Waals surface area contributed by atoms with Crippen LogP contribution in [-0.4, -0.2) is 17.9 Å². The van der Waals surface area contributed by atoms with Gasteiger partial charge in [0.15, 0.2) is 0 Å². The third kappa shape index (κ3) is 3.00. The average molecular weight is 302 g/mol. The predicted octanol–water partition coefficient (Wildman–Crippen LogP) is 3.72. The number of nitrogens with one attached hydrogen (secondary N) is 2. The number of carbonyl (C=O) groups is 1. The molecule has 1 aromatic heterocycles. The van der Waals surface area contributed by atoms with Crippen LogP contribution in [0.1, 0.15) is 34.7 Å². The highest BCUT2D eigenvalue weighted by atomic mass is 35.5. The number of aromatic nitrogens is 1. The van der Waals surface area contributed by atoms with Crippen LogP contribution < -0.4 is 10.6 Å². The van der Waals surface area contributed by atoms with E-state index in [-0.39, 0.29) is 5.91 Å². The third-order valence-electron chi connectivity index (χ3n) is 3.59. The van der Waals surface area contributed by atoms with Crippen molar-refractivity contribution >= 4 is 28.9 Å². The Balaban J connectivity index is 1.97. The average Bonchev–Trinajstić information content (AvgIpc) is 3.32. The van der Waals surface area contributed by atoms with Gasteiger partial charge in [-0.2, -0.15) is 0 Å². The molecule has 4 nitrogen and oxygen atoms in total. The molecule has 21 heavy (non-hydrogen) atoms. The highest BCUT2D eigenvalue weighted by Crippen LogP contribution is 2.44. The molecule has 1 amide bonds. The molecule has 1 aliphatic carbocycles. The van der Waals surface area contributed by atoms with Gasteiger partial charge < -0.3 is 10.6 Å². The number of pyridine rings is 1. The van der Waals surface area contributed by atoms with Crippen molar-refractivity contribution in [1.82, 2.24) is 10.3 Å². The van der Waals surface area contributed by atoms with Crippen molar-refractivity contribution < 1.29 is 4.79 Å². The Hall–Kier alpha value is -2.07. The molecule has 0 aliphatic heterocycles. The maximum atomic E-state index is 11.9. The Morgan fingerprint density at radius 3 is 2.76 bits per heavy atom. The Kier molecular flexibility index (Phi) is 3.80. The first kappa shape index (κ1) is 13.9. The van der Waals surface area contributed by atoms with Crippen molar-refractivity contribution in [3.8, 4) is 0 Å². The Labute approximate surface area is 128 Å². The maximum absolute atomic E-state index is 11.9. The van der Waals surface area contributed by atoms with Gasteiger partial charge in [0.2, 0.25) is 0 Å². The van der Waals surface area contributed by atoms with Gasteiger partial charge >= 0.3 is 0 Å². The molecule has 2 N–H and O–H groups in total. The van der Waals surface area contributed by atoms with Crippen LogP contribution in [0.5, 0.6) is 0 Å². The summed E-state index contributed by atoms with van der Waals surface area (Å²) in [5.74, 6) is 0.427. The molecule has 0 atom stereocenters. The van der Waals surface area contributed by atoms with Gasteiger partial charge in [-0.15, -0.1) is 0 Å². The lowest BCUT2D eigenvalue weighted by Crippen LogP contribution is -2.19. The van der Waals surface area contributed by atoms with E-state index in [0.29, 0.717) is 16.6 Å². The van der Waals surface area contributed by atoms with Gasteiger partial charge in [-0.1, -0.05) is 23.7 Å². The zero-order valence-corrected chi connectivity index (χ0v) is 12.4. The van der Waals surface area contributed by atoms with Crippen LogP contribution in [0.3, 0.4) is 0 Å². The molecule has 0 saturated heterocycles. The van der Waals surface area contributed by atoms with Crippen LogP contribution in [0.25, 0.3) is 0 Å². The summed E-state index contributed by atoms with van der Waals surface area (Å²) in [5.41, 5.74) is 3.45. The van der Waals surface area contributed by atoms with Crippen molar-refractivity contribution in [3.63, 3.8) is 0 Å². The second kappa shape index (κ2) is 5.74. The van der Waals surface area contributed by atoms with E-state index >= 15 is 0 Å². The first-order chi connectivity index (χ1) is 10.2. The van der Waals surface area contributed by atoms with Gasteiger partial charge in [-0.25, -0.2) is 4.98 Å². The lowest BCUT2D eigenvalue weighted by molar-refractivity contribution is 0.0964. The van der Waals surface area contributed by atoms with Crippen LogP contribution in [0.2, 0.25) is 5.15 Å². The molecule has 5 heteroatoms. The number of hydrogen-bond acceptors (Lipinski definition) is 3. The second-order valence-electron chi connectivity index (χ2n) is 5.12. The van der Waals surface area contributed by atoms with Crippen LogP contribution in [-0.2, 0) is 0 Å². The summed E-state index contributed by atoms with van der Waals surface area (Å²) < 4.78 is 0. The lowest BCUT2D eigenvalue weighted by Gasteiger charge is -2.14. The van der Waals surface area contributed by atoms with Crippen molar-refractivity contribution in [3.05, 3.63) is 52.8 Å². The molecule has 1 aliphatic rings. The minimum Gasteiger partial charge on any atom is -0.355 e. The van der Waals surface area contributed by atoms with Crippen molar-refractivity contribution in [2.75, 3.05) is 12.4 Å². The summed E-state index contributed by atoms with van der Waals surface area (Å²) in [6.07, 6.45) is 4.18. The fourth-order valence-electron chi connectivity index (χ4n) is 2.34. The summed E-state index contributed by atoms with van der Waals surface area (Å²) >= 11 is 6.01. The molecule has 0 unspecified atom stereocenters. The monoisotopic (exact) mass is 301 g/mol. The van der Waals surface area contributed by atoms with Crippen LogP contribution in [0, 0.1) is 0 Å². The highest BCUT2D eigenvalue weighted by Gasteiger charge is 2.27. The van der Waals surface area contributed by atoms with E-state index in [9.17, 15) is 4.79 Å². The third-order valence-corrected chi connectivity index (χ3v) is 3.79. The number of benzene rings is 1. The number of hydrogen-bond donors (Lipinski definition) is 2. The number of amides is 1. The molecule has 0 bridgehead atoms. The van der Waals surface area contributed by atoms with Crippen molar-refractivity contribution in [1.29, 1.82) is 0 Å². The number of nitrogens with zero attached hydrogens (tertiary/aromatic N) is 1. The molecular weight excluding hydrogens is 286 g/mol. The van der Waals surface area contributed by atoms with Gasteiger partial charge in [0.1, 0.15) is 5.15 Å². The maximum Gasteiger partial charge on any atom is 0.253 e. The number of carbonyl (C=O) groups excluding carboxylic acids is 1. The van der Waals surface area contributed by atoms with E-state index in [1.807, 2.05) is 30.5 Å². The van der Waals surface area contributed by atoms with E-state index in [0.717, 1.165) is 16.9 Å². The van der Waals surface area contributed by atoms with Crippen LogP contribution in [0.4, 0.5) is 11.4 Å². The fourth-order valence-corrected chi connectivity index (χ4v) is 2.50. The lowest BCUT2D eigenvalue weighted by atomic mass is 10.1. The SMILES string of the molecule is CNC(=O)c1ccccc1Nc1cc(Cl)ncc1C1CC1. The molecular formula is C16H16ClN3O. The Morgan fingerprint density at radius 1 is 1.29 bits per heavy atom. The van der Waals surface area contributed by atoms with E-state index in [1.54, 1.807) is 13.1 Å². The Bertz CT molecular complexity index is 683. The van der Waals surface area contributed by atoms with E-state index in [2.05, 4.69) is 15.6 Å². The standard InChI is InChI=1S/C16H16ClN3O/c1-18-16(21)11-4-2-3-5-13(11)20-14-8-15(17)19-9-12(14)10-6-7-10/h2-5,8-10H,6-7H2,1H3,(H,18,21)(H,19,20). The smallest absolute Gasteiger partial charge is 0.253 e. The zero-order valence-electron chi connectivity index (χ0n) is 11.7. The molecule has 1 heterocycles. The fraction of sp³-hybridized carbons (Fsp3) is 0.250. The molecule has 108 valence electrons.